The van der Waals surface area contributed by atoms with Crippen molar-refractivity contribution in [2.45, 2.75) is 52.7 Å². The topological polar surface area (TPSA) is 38.3 Å². The lowest BCUT2D eigenvalue weighted by Crippen LogP contribution is -2.37. The Labute approximate surface area is 104 Å². The van der Waals surface area contributed by atoms with E-state index in [9.17, 15) is 4.79 Å². The van der Waals surface area contributed by atoms with E-state index in [1.165, 1.54) is 0 Å². The van der Waals surface area contributed by atoms with Crippen molar-refractivity contribution in [3.8, 4) is 0 Å². The molecular weight excluding hydrogens is 222 g/mol. The number of carbonyl (C=O) groups excluding carboxylic acids is 1. The van der Waals surface area contributed by atoms with Crippen molar-refractivity contribution in [2.75, 3.05) is 18.1 Å². The third-order valence-electron chi connectivity index (χ3n) is 1.54. The Kier molecular flexibility index (Phi) is 6.41. The monoisotopic (exact) mass is 247 g/mol. The van der Waals surface area contributed by atoms with Crippen molar-refractivity contribution in [1.29, 1.82) is 0 Å². The second-order valence-electron chi connectivity index (χ2n) is 5.82. The van der Waals surface area contributed by atoms with E-state index < -0.39 is 0 Å². The van der Waals surface area contributed by atoms with Crippen molar-refractivity contribution in [3.05, 3.63) is 0 Å². The molecule has 3 nitrogen and oxygen atoms in total. The van der Waals surface area contributed by atoms with Gasteiger partial charge in [0.2, 0.25) is 0 Å². The van der Waals surface area contributed by atoms with Crippen LogP contribution in [0.15, 0.2) is 0 Å². The van der Waals surface area contributed by atoms with E-state index in [1.54, 1.807) is 11.8 Å². The summed E-state index contributed by atoms with van der Waals surface area (Å²) in [7, 11) is 0. The molecule has 0 aromatic heterocycles. The van der Waals surface area contributed by atoms with Crippen LogP contribution in [-0.2, 0) is 9.53 Å². The molecule has 0 heterocycles. The number of esters is 1. The number of thioether (sulfide) groups is 1. The van der Waals surface area contributed by atoms with E-state index in [1.807, 2.05) is 20.8 Å². The van der Waals surface area contributed by atoms with Crippen LogP contribution in [-0.4, -0.2) is 35.2 Å². The molecule has 1 N–H and O–H groups in total. The summed E-state index contributed by atoms with van der Waals surface area (Å²) < 4.78 is 5.21. The van der Waals surface area contributed by atoms with E-state index in [0.29, 0.717) is 5.75 Å². The Bertz CT molecular complexity index is 216. The summed E-state index contributed by atoms with van der Waals surface area (Å²) in [5, 5.41) is 3.37. The zero-order chi connectivity index (χ0) is 12.8. The third kappa shape index (κ3) is 11.9. The molecule has 0 rings (SSSR count). The molecule has 0 bridgehead atoms. The van der Waals surface area contributed by atoms with Gasteiger partial charge in [0, 0.05) is 17.8 Å². The number of carbonyl (C=O) groups is 1. The third-order valence-corrected chi connectivity index (χ3v) is 2.47. The number of hydrogen-bond acceptors (Lipinski definition) is 4. The first-order valence-corrected chi connectivity index (χ1v) is 6.80. The predicted molar refractivity (Wildman–Crippen MR) is 70.9 cm³/mol. The molecule has 0 aromatic rings. The molecule has 0 aliphatic heterocycles. The van der Waals surface area contributed by atoms with Gasteiger partial charge in [-0.3, -0.25) is 4.79 Å². The standard InChI is InChI=1S/C12H25NO2S/c1-11(2,3)13-7-8-16-9-10(14)15-12(4,5)6/h13H,7-9H2,1-6H3. The van der Waals surface area contributed by atoms with Crippen LogP contribution in [0.1, 0.15) is 41.5 Å². The number of ether oxygens (including phenoxy) is 1. The number of nitrogens with one attached hydrogen (secondary N) is 1. The SMILES string of the molecule is CC(C)(C)NCCSCC(=O)OC(C)(C)C. The predicted octanol–water partition coefficient (Wildman–Crippen LogP) is 2.45. The van der Waals surface area contributed by atoms with Gasteiger partial charge in [-0.1, -0.05) is 0 Å². The molecule has 0 spiro atoms. The van der Waals surface area contributed by atoms with E-state index in [2.05, 4.69) is 26.1 Å². The second kappa shape index (κ2) is 6.50. The molecule has 0 amide bonds. The van der Waals surface area contributed by atoms with Crippen molar-refractivity contribution >= 4 is 17.7 Å². The van der Waals surface area contributed by atoms with Gasteiger partial charge in [-0.15, -0.1) is 11.8 Å². The molecule has 0 aliphatic carbocycles. The highest BCUT2D eigenvalue weighted by Crippen LogP contribution is 2.09. The van der Waals surface area contributed by atoms with E-state index in [4.69, 9.17) is 4.74 Å². The smallest absolute Gasteiger partial charge is 0.316 e. The van der Waals surface area contributed by atoms with Crippen molar-refractivity contribution in [1.82, 2.24) is 5.32 Å². The molecule has 4 heteroatoms. The van der Waals surface area contributed by atoms with E-state index >= 15 is 0 Å². The Morgan fingerprint density at radius 2 is 1.75 bits per heavy atom. The Morgan fingerprint density at radius 3 is 2.19 bits per heavy atom. The summed E-state index contributed by atoms with van der Waals surface area (Å²) in [5.74, 6) is 1.23. The maximum atomic E-state index is 11.4. The van der Waals surface area contributed by atoms with Crippen LogP contribution in [0.3, 0.4) is 0 Å². The molecule has 16 heavy (non-hydrogen) atoms. The minimum absolute atomic E-state index is 0.131. The molecule has 0 unspecified atom stereocenters. The summed E-state index contributed by atoms with van der Waals surface area (Å²) in [4.78, 5) is 11.4. The average Bonchev–Trinajstić information content (AvgIpc) is 1.97. The highest BCUT2D eigenvalue weighted by atomic mass is 32.2. The zero-order valence-corrected chi connectivity index (χ0v) is 12.2. The summed E-state index contributed by atoms with van der Waals surface area (Å²) in [6, 6.07) is 0. The van der Waals surface area contributed by atoms with E-state index in [-0.39, 0.29) is 17.1 Å². The van der Waals surface area contributed by atoms with Crippen LogP contribution in [0.5, 0.6) is 0 Å². The first-order chi connectivity index (χ1) is 7.10. The maximum Gasteiger partial charge on any atom is 0.316 e. The highest BCUT2D eigenvalue weighted by molar-refractivity contribution is 7.99. The fourth-order valence-electron chi connectivity index (χ4n) is 1.02. The first kappa shape index (κ1) is 15.8. The summed E-state index contributed by atoms with van der Waals surface area (Å²) in [6.45, 7) is 13.0. The Balaban J connectivity index is 3.50. The van der Waals surface area contributed by atoms with Crippen molar-refractivity contribution < 1.29 is 9.53 Å². The molecule has 0 fully saturated rings. The molecular formula is C12H25NO2S. The minimum atomic E-state index is -0.374. The van der Waals surface area contributed by atoms with Gasteiger partial charge >= 0.3 is 5.97 Å². The maximum absolute atomic E-state index is 11.4. The van der Waals surface area contributed by atoms with E-state index in [0.717, 1.165) is 12.3 Å². The van der Waals surface area contributed by atoms with Crippen LogP contribution in [0.2, 0.25) is 0 Å². The van der Waals surface area contributed by atoms with Crippen LogP contribution in [0, 0.1) is 0 Å². The molecule has 0 aromatic carbocycles. The molecule has 0 saturated carbocycles. The molecule has 0 saturated heterocycles. The second-order valence-corrected chi connectivity index (χ2v) is 6.92. The van der Waals surface area contributed by atoms with Crippen LogP contribution in [0.25, 0.3) is 0 Å². The number of hydrogen-bond donors (Lipinski definition) is 1. The normalized spacial score (nSPS) is 12.6. The van der Waals surface area contributed by atoms with Gasteiger partial charge in [-0.2, -0.15) is 0 Å². The van der Waals surface area contributed by atoms with Gasteiger partial charge < -0.3 is 10.1 Å². The van der Waals surface area contributed by atoms with Crippen molar-refractivity contribution in [3.63, 3.8) is 0 Å². The lowest BCUT2D eigenvalue weighted by molar-refractivity contribution is -0.151. The van der Waals surface area contributed by atoms with Crippen LogP contribution in [0.4, 0.5) is 0 Å². The minimum Gasteiger partial charge on any atom is -0.459 e. The van der Waals surface area contributed by atoms with Crippen LogP contribution < -0.4 is 5.32 Å². The fourth-order valence-corrected chi connectivity index (χ4v) is 1.64. The van der Waals surface area contributed by atoms with Gasteiger partial charge in [-0.25, -0.2) is 0 Å². The highest BCUT2D eigenvalue weighted by Gasteiger charge is 2.15. The van der Waals surface area contributed by atoms with Crippen LogP contribution >= 0.6 is 11.8 Å². The van der Waals surface area contributed by atoms with Gasteiger partial charge in [0.1, 0.15) is 5.60 Å². The quantitative estimate of drug-likeness (QED) is 0.598. The molecule has 0 aliphatic rings. The average molecular weight is 247 g/mol. The lowest BCUT2D eigenvalue weighted by atomic mass is 10.1. The first-order valence-electron chi connectivity index (χ1n) is 5.65. The zero-order valence-electron chi connectivity index (χ0n) is 11.3. The fraction of sp³-hybridized carbons (Fsp3) is 0.917. The molecule has 0 radical (unpaired) electrons. The summed E-state index contributed by atoms with van der Waals surface area (Å²) in [5.41, 5.74) is -0.228. The summed E-state index contributed by atoms with van der Waals surface area (Å²) in [6.07, 6.45) is 0. The Hall–Kier alpha value is -0.220. The Morgan fingerprint density at radius 1 is 1.19 bits per heavy atom. The van der Waals surface area contributed by atoms with Crippen molar-refractivity contribution in [2.24, 2.45) is 0 Å². The van der Waals surface area contributed by atoms with Gasteiger partial charge in [0.15, 0.2) is 0 Å². The molecule has 96 valence electrons. The van der Waals surface area contributed by atoms with Gasteiger partial charge in [-0.05, 0) is 41.5 Å². The number of rotatable bonds is 5. The lowest BCUT2D eigenvalue weighted by Gasteiger charge is -2.21. The van der Waals surface area contributed by atoms with Gasteiger partial charge in [0.25, 0.3) is 0 Å². The summed E-state index contributed by atoms with van der Waals surface area (Å²) >= 11 is 1.61. The molecule has 0 atom stereocenters. The van der Waals surface area contributed by atoms with Gasteiger partial charge in [0.05, 0.1) is 5.75 Å². The largest absolute Gasteiger partial charge is 0.459 e.